The quantitative estimate of drug-likeness (QED) is 0.699. The van der Waals surface area contributed by atoms with Crippen molar-refractivity contribution in [1.82, 2.24) is 20.2 Å². The van der Waals surface area contributed by atoms with Gasteiger partial charge in [0.05, 0.1) is 22.2 Å². The molecule has 0 spiro atoms. The van der Waals surface area contributed by atoms with Crippen molar-refractivity contribution in [1.29, 1.82) is 0 Å². The lowest BCUT2D eigenvalue weighted by molar-refractivity contribution is 1.09. The second-order valence-corrected chi connectivity index (χ2v) is 5.18. The van der Waals surface area contributed by atoms with Crippen LogP contribution in [0.5, 0.6) is 0 Å². The van der Waals surface area contributed by atoms with Gasteiger partial charge < -0.3 is 0 Å². The van der Waals surface area contributed by atoms with E-state index in [1.165, 1.54) is 0 Å². The van der Waals surface area contributed by atoms with Crippen LogP contribution in [0.4, 0.5) is 0 Å². The minimum atomic E-state index is 0.215. The molecule has 0 radical (unpaired) electrons. The third-order valence-corrected chi connectivity index (χ3v) is 4.13. The van der Waals surface area contributed by atoms with Crippen molar-refractivity contribution >= 4 is 49.9 Å². The Bertz CT molecular complexity index is 662. The second kappa shape index (κ2) is 3.80. The van der Waals surface area contributed by atoms with Crippen LogP contribution in [0, 0.1) is 0 Å². The van der Waals surface area contributed by atoms with E-state index in [1.54, 1.807) is 17.5 Å². The fourth-order valence-electron chi connectivity index (χ4n) is 1.44. The van der Waals surface area contributed by atoms with Crippen LogP contribution in [0.15, 0.2) is 22.1 Å². The predicted octanol–water partition coefficient (Wildman–Crippen LogP) is 3.50. The highest BCUT2D eigenvalue weighted by Crippen LogP contribution is 2.35. The second-order valence-electron chi connectivity index (χ2n) is 3.07. The summed E-state index contributed by atoms with van der Waals surface area (Å²) in [4.78, 5) is 9.34. The molecule has 0 unspecified atom stereocenters. The summed E-state index contributed by atoms with van der Waals surface area (Å²) in [5.74, 6) is 0. The molecule has 0 saturated heterocycles. The van der Waals surface area contributed by atoms with Gasteiger partial charge in [-0.15, -0.1) is 11.3 Å². The van der Waals surface area contributed by atoms with Gasteiger partial charge in [-0.1, -0.05) is 0 Å². The van der Waals surface area contributed by atoms with Crippen molar-refractivity contribution in [3.8, 4) is 10.6 Å². The summed E-state index contributed by atoms with van der Waals surface area (Å²) in [6, 6.07) is 1.97. The summed E-state index contributed by atoms with van der Waals surface area (Å²) in [5.41, 5.74) is 1.45. The number of nitrogens with one attached hydrogen (secondary N) is 1. The van der Waals surface area contributed by atoms with Gasteiger partial charge in [0, 0.05) is 4.47 Å². The molecule has 0 aliphatic carbocycles. The van der Waals surface area contributed by atoms with Crippen LogP contribution in [0.1, 0.15) is 0 Å². The van der Waals surface area contributed by atoms with Crippen LogP contribution in [0.3, 0.4) is 0 Å². The number of aromatic amines is 1. The van der Waals surface area contributed by atoms with Gasteiger partial charge in [0.1, 0.15) is 0 Å². The third-order valence-electron chi connectivity index (χ3n) is 2.11. The number of aromatic nitrogens is 4. The topological polar surface area (TPSA) is 54.5 Å². The minimum absolute atomic E-state index is 0.215. The summed E-state index contributed by atoms with van der Waals surface area (Å²) in [5, 5.41) is 9.80. The summed E-state index contributed by atoms with van der Waals surface area (Å²) in [6.07, 6.45) is 1.70. The smallest absolute Gasteiger partial charge is 0.225 e. The SMILES string of the molecule is Clc1nc(-c2sccc2Br)c2cn[nH]c2n1. The van der Waals surface area contributed by atoms with E-state index in [0.29, 0.717) is 5.65 Å². The van der Waals surface area contributed by atoms with Crippen molar-refractivity contribution < 1.29 is 0 Å². The summed E-state index contributed by atoms with van der Waals surface area (Å²) < 4.78 is 0.995. The average molecular weight is 316 g/mol. The molecule has 0 atom stereocenters. The number of H-pyrrole nitrogens is 1. The molecule has 0 bridgehead atoms. The Morgan fingerprint density at radius 3 is 3.00 bits per heavy atom. The largest absolute Gasteiger partial charge is 0.261 e. The molecule has 0 amide bonds. The van der Waals surface area contributed by atoms with Gasteiger partial charge in [0.2, 0.25) is 5.28 Å². The molecule has 80 valence electrons. The first-order valence-electron chi connectivity index (χ1n) is 4.35. The molecule has 0 aromatic carbocycles. The molecule has 3 rings (SSSR count). The van der Waals surface area contributed by atoms with Gasteiger partial charge in [0.15, 0.2) is 5.65 Å². The van der Waals surface area contributed by atoms with Gasteiger partial charge in [-0.2, -0.15) is 10.1 Å². The van der Waals surface area contributed by atoms with E-state index in [9.17, 15) is 0 Å². The number of fused-ring (bicyclic) bond motifs is 1. The fraction of sp³-hybridized carbons (Fsp3) is 0. The minimum Gasteiger partial charge on any atom is -0.261 e. The van der Waals surface area contributed by atoms with Crippen LogP contribution in [0.25, 0.3) is 21.6 Å². The number of nitrogens with zero attached hydrogens (tertiary/aromatic N) is 3. The first-order chi connectivity index (χ1) is 7.75. The molecule has 3 aromatic heterocycles. The zero-order valence-electron chi connectivity index (χ0n) is 7.74. The van der Waals surface area contributed by atoms with E-state index in [0.717, 1.165) is 20.4 Å². The summed E-state index contributed by atoms with van der Waals surface area (Å²) in [6.45, 7) is 0. The van der Waals surface area contributed by atoms with Gasteiger partial charge in [-0.25, -0.2) is 4.98 Å². The van der Waals surface area contributed by atoms with E-state index >= 15 is 0 Å². The maximum absolute atomic E-state index is 5.87. The molecule has 0 fully saturated rings. The number of hydrogen-bond donors (Lipinski definition) is 1. The van der Waals surface area contributed by atoms with Crippen LogP contribution in [-0.2, 0) is 0 Å². The van der Waals surface area contributed by atoms with Crippen molar-refractivity contribution in [3.05, 3.63) is 27.4 Å². The zero-order valence-corrected chi connectivity index (χ0v) is 10.9. The Morgan fingerprint density at radius 2 is 2.25 bits per heavy atom. The lowest BCUT2D eigenvalue weighted by Crippen LogP contribution is -1.88. The molecule has 3 heterocycles. The monoisotopic (exact) mass is 314 g/mol. The molecule has 3 aromatic rings. The highest BCUT2D eigenvalue weighted by atomic mass is 79.9. The Labute approximate surface area is 108 Å². The maximum atomic E-state index is 5.87. The van der Waals surface area contributed by atoms with E-state index < -0.39 is 0 Å². The summed E-state index contributed by atoms with van der Waals surface area (Å²) in [7, 11) is 0. The highest BCUT2D eigenvalue weighted by Gasteiger charge is 2.13. The molecular weight excluding hydrogens is 312 g/mol. The Balaban J connectivity index is 2.38. The van der Waals surface area contributed by atoms with E-state index in [4.69, 9.17) is 11.6 Å². The first kappa shape index (κ1) is 10.2. The molecule has 1 N–H and O–H groups in total. The number of thiophene rings is 1. The first-order valence-corrected chi connectivity index (χ1v) is 6.41. The van der Waals surface area contributed by atoms with Gasteiger partial charge >= 0.3 is 0 Å². The van der Waals surface area contributed by atoms with E-state index in [2.05, 4.69) is 36.1 Å². The highest BCUT2D eigenvalue weighted by molar-refractivity contribution is 9.10. The molecule has 16 heavy (non-hydrogen) atoms. The maximum Gasteiger partial charge on any atom is 0.225 e. The summed E-state index contributed by atoms with van der Waals surface area (Å²) >= 11 is 10.9. The van der Waals surface area contributed by atoms with Gasteiger partial charge in [-0.05, 0) is 39.0 Å². The molecular formula is C9H4BrClN4S. The normalized spacial score (nSPS) is 11.1. The van der Waals surface area contributed by atoms with Crippen molar-refractivity contribution in [3.63, 3.8) is 0 Å². The molecule has 7 heteroatoms. The Hall–Kier alpha value is -0.980. The lowest BCUT2D eigenvalue weighted by Gasteiger charge is -2.00. The number of hydrogen-bond acceptors (Lipinski definition) is 4. The van der Waals surface area contributed by atoms with Crippen LogP contribution in [-0.4, -0.2) is 20.2 Å². The standard InChI is InChI=1S/C9H4BrClN4S/c10-5-1-2-16-7(5)6-4-3-12-15-8(4)14-9(11)13-6/h1-3H,(H,12,13,14,15). The van der Waals surface area contributed by atoms with Crippen molar-refractivity contribution in [2.24, 2.45) is 0 Å². The number of rotatable bonds is 1. The van der Waals surface area contributed by atoms with E-state index in [1.807, 2.05) is 11.4 Å². The van der Waals surface area contributed by atoms with Crippen molar-refractivity contribution in [2.75, 3.05) is 0 Å². The van der Waals surface area contributed by atoms with Crippen molar-refractivity contribution in [2.45, 2.75) is 0 Å². The van der Waals surface area contributed by atoms with Crippen LogP contribution < -0.4 is 0 Å². The van der Waals surface area contributed by atoms with Crippen LogP contribution in [0.2, 0.25) is 5.28 Å². The molecule has 4 nitrogen and oxygen atoms in total. The van der Waals surface area contributed by atoms with Gasteiger partial charge in [-0.3, -0.25) is 5.10 Å². The van der Waals surface area contributed by atoms with Crippen LogP contribution >= 0.6 is 38.9 Å². The molecule has 0 aliphatic rings. The molecule has 0 saturated carbocycles. The van der Waals surface area contributed by atoms with Gasteiger partial charge in [0.25, 0.3) is 0 Å². The zero-order chi connectivity index (χ0) is 11.1. The average Bonchev–Trinajstić information content (AvgIpc) is 2.84. The number of halogens is 2. The predicted molar refractivity (Wildman–Crippen MR) is 67.7 cm³/mol. The van der Waals surface area contributed by atoms with E-state index in [-0.39, 0.29) is 5.28 Å². The third kappa shape index (κ3) is 1.53. The Morgan fingerprint density at radius 1 is 1.38 bits per heavy atom. The Kier molecular flexibility index (Phi) is 2.42. The fourth-order valence-corrected chi connectivity index (χ4v) is 3.18. The lowest BCUT2D eigenvalue weighted by atomic mass is 10.2. The molecule has 0 aliphatic heterocycles.